The summed E-state index contributed by atoms with van der Waals surface area (Å²) >= 11 is 4.63. The summed E-state index contributed by atoms with van der Waals surface area (Å²) in [5, 5.41) is 14.8. The van der Waals surface area contributed by atoms with Crippen LogP contribution in [0.3, 0.4) is 0 Å². The van der Waals surface area contributed by atoms with Crippen LogP contribution in [0.15, 0.2) is 28.2 Å². The molecular formula is C13H11BrFN3S. The van der Waals surface area contributed by atoms with Crippen molar-refractivity contribution in [2.45, 2.75) is 19.4 Å². The maximum atomic E-state index is 14.1. The van der Waals surface area contributed by atoms with E-state index in [1.165, 1.54) is 11.3 Å². The van der Waals surface area contributed by atoms with Gasteiger partial charge in [0.05, 0.1) is 21.8 Å². The van der Waals surface area contributed by atoms with Gasteiger partial charge < -0.3 is 5.32 Å². The minimum Gasteiger partial charge on any atom is -0.373 e. The zero-order valence-corrected chi connectivity index (χ0v) is 12.6. The van der Waals surface area contributed by atoms with E-state index in [9.17, 15) is 4.39 Å². The van der Waals surface area contributed by atoms with E-state index in [1.807, 2.05) is 18.4 Å². The van der Waals surface area contributed by atoms with E-state index in [0.717, 1.165) is 11.4 Å². The molecule has 3 nitrogen and oxygen atoms in total. The summed E-state index contributed by atoms with van der Waals surface area (Å²) in [5.41, 5.74) is 0.651. The Labute approximate surface area is 123 Å². The fourth-order valence-corrected chi connectivity index (χ4v) is 2.89. The summed E-state index contributed by atoms with van der Waals surface area (Å²) in [4.78, 5) is 4.24. The number of anilines is 1. The van der Waals surface area contributed by atoms with Crippen LogP contribution in [0.5, 0.6) is 0 Å². The number of nitrogens with zero attached hydrogens (tertiary/aromatic N) is 2. The van der Waals surface area contributed by atoms with Crippen LogP contribution in [0.2, 0.25) is 0 Å². The molecule has 0 aliphatic heterocycles. The number of hydrogen-bond donors (Lipinski definition) is 1. The molecule has 0 saturated heterocycles. The van der Waals surface area contributed by atoms with E-state index < -0.39 is 5.82 Å². The maximum absolute atomic E-state index is 14.1. The molecule has 98 valence electrons. The van der Waals surface area contributed by atoms with Crippen LogP contribution >= 0.6 is 27.3 Å². The summed E-state index contributed by atoms with van der Waals surface area (Å²) in [6, 6.07) is 5.07. The molecular weight excluding hydrogens is 329 g/mol. The molecule has 1 heterocycles. The Balaban J connectivity index is 2.29. The predicted octanol–water partition coefficient (Wildman–Crippen LogP) is 4.48. The lowest BCUT2D eigenvalue weighted by Gasteiger charge is -2.17. The molecule has 0 spiro atoms. The summed E-state index contributed by atoms with van der Waals surface area (Å²) in [5.74, 6) is -0.450. The predicted molar refractivity (Wildman–Crippen MR) is 77.6 cm³/mol. The topological polar surface area (TPSA) is 48.7 Å². The molecule has 1 aromatic heterocycles. The van der Waals surface area contributed by atoms with Gasteiger partial charge in [-0.15, -0.1) is 11.3 Å². The number of nitriles is 1. The number of rotatable bonds is 4. The van der Waals surface area contributed by atoms with Crippen LogP contribution in [0.4, 0.5) is 10.1 Å². The summed E-state index contributed by atoms with van der Waals surface area (Å²) in [6.45, 7) is 2.01. The average molecular weight is 340 g/mol. The first-order chi connectivity index (χ1) is 9.17. The highest BCUT2D eigenvalue weighted by atomic mass is 79.9. The van der Waals surface area contributed by atoms with Gasteiger partial charge in [-0.3, -0.25) is 0 Å². The molecule has 0 aliphatic carbocycles. The lowest BCUT2D eigenvalue weighted by Crippen LogP contribution is -2.10. The van der Waals surface area contributed by atoms with Gasteiger partial charge >= 0.3 is 0 Å². The third-order valence-electron chi connectivity index (χ3n) is 2.69. The van der Waals surface area contributed by atoms with Crippen LogP contribution in [-0.4, -0.2) is 4.98 Å². The third kappa shape index (κ3) is 2.94. The van der Waals surface area contributed by atoms with Crippen molar-refractivity contribution in [2.24, 2.45) is 0 Å². The van der Waals surface area contributed by atoms with E-state index in [-0.39, 0.29) is 16.1 Å². The van der Waals surface area contributed by atoms with Crippen LogP contribution in [0, 0.1) is 17.1 Å². The van der Waals surface area contributed by atoms with Gasteiger partial charge in [-0.25, -0.2) is 9.37 Å². The molecule has 0 radical (unpaired) electrons. The van der Waals surface area contributed by atoms with Crippen molar-refractivity contribution in [3.63, 3.8) is 0 Å². The van der Waals surface area contributed by atoms with Crippen molar-refractivity contribution >= 4 is 33.0 Å². The summed E-state index contributed by atoms with van der Waals surface area (Å²) in [6.07, 6.45) is 2.53. The van der Waals surface area contributed by atoms with E-state index in [1.54, 1.807) is 18.3 Å². The van der Waals surface area contributed by atoms with Crippen LogP contribution < -0.4 is 5.32 Å². The molecule has 2 rings (SSSR count). The Kier molecular flexibility index (Phi) is 4.51. The fraction of sp³-hybridized carbons (Fsp3) is 0.231. The van der Waals surface area contributed by atoms with Crippen molar-refractivity contribution in [2.75, 3.05) is 5.32 Å². The van der Waals surface area contributed by atoms with Gasteiger partial charge in [0.2, 0.25) is 0 Å². The van der Waals surface area contributed by atoms with Crippen LogP contribution in [-0.2, 0) is 0 Å². The molecule has 1 N–H and O–H groups in total. The first-order valence-electron chi connectivity index (χ1n) is 5.71. The second-order valence-corrected chi connectivity index (χ2v) is 5.60. The largest absolute Gasteiger partial charge is 0.373 e. The number of nitrogens with one attached hydrogen (secondary N) is 1. The number of halogens is 2. The lowest BCUT2D eigenvalue weighted by molar-refractivity contribution is 0.616. The highest BCUT2D eigenvalue weighted by molar-refractivity contribution is 9.10. The van der Waals surface area contributed by atoms with Gasteiger partial charge in [0, 0.05) is 11.6 Å². The second kappa shape index (κ2) is 6.13. The van der Waals surface area contributed by atoms with Crippen molar-refractivity contribution in [1.82, 2.24) is 4.98 Å². The summed E-state index contributed by atoms with van der Waals surface area (Å²) < 4.78 is 14.3. The molecule has 0 bridgehead atoms. The maximum Gasteiger partial charge on any atom is 0.161 e. The molecule has 19 heavy (non-hydrogen) atoms. The zero-order valence-electron chi connectivity index (χ0n) is 10.2. The zero-order chi connectivity index (χ0) is 13.8. The van der Waals surface area contributed by atoms with Gasteiger partial charge in [-0.2, -0.15) is 5.26 Å². The van der Waals surface area contributed by atoms with E-state index in [0.29, 0.717) is 5.69 Å². The van der Waals surface area contributed by atoms with Crippen LogP contribution in [0.25, 0.3) is 0 Å². The van der Waals surface area contributed by atoms with Crippen molar-refractivity contribution < 1.29 is 4.39 Å². The Morgan fingerprint density at radius 2 is 2.37 bits per heavy atom. The molecule has 1 aromatic carbocycles. The molecule has 0 aliphatic rings. The molecule has 6 heteroatoms. The first kappa shape index (κ1) is 14.0. The number of thiazole rings is 1. The van der Waals surface area contributed by atoms with Gasteiger partial charge in [-0.1, -0.05) is 6.92 Å². The van der Waals surface area contributed by atoms with E-state index in [2.05, 4.69) is 26.2 Å². The quantitative estimate of drug-likeness (QED) is 0.893. The Morgan fingerprint density at radius 1 is 1.58 bits per heavy atom. The Morgan fingerprint density at radius 3 is 2.95 bits per heavy atom. The molecule has 0 saturated carbocycles. The first-order valence-corrected chi connectivity index (χ1v) is 7.38. The highest BCUT2D eigenvalue weighted by Crippen LogP contribution is 2.30. The average Bonchev–Trinajstić information content (AvgIpc) is 2.94. The van der Waals surface area contributed by atoms with Crippen molar-refractivity contribution in [3.05, 3.63) is 44.6 Å². The third-order valence-corrected chi connectivity index (χ3v) is 4.35. The standard InChI is InChI=1S/C13H11BrFN3S/c1-2-9(13-17-5-6-19-13)18-10-4-3-8(7-16)11(14)12(10)15/h3-6,9,18H,2H2,1H3. The van der Waals surface area contributed by atoms with E-state index in [4.69, 9.17) is 5.26 Å². The number of benzene rings is 1. The van der Waals surface area contributed by atoms with Gasteiger partial charge in [0.25, 0.3) is 0 Å². The lowest BCUT2D eigenvalue weighted by atomic mass is 10.1. The van der Waals surface area contributed by atoms with E-state index >= 15 is 0 Å². The SMILES string of the molecule is CCC(Nc1ccc(C#N)c(Br)c1F)c1nccs1. The fourth-order valence-electron chi connectivity index (χ4n) is 1.68. The summed E-state index contributed by atoms with van der Waals surface area (Å²) in [7, 11) is 0. The molecule has 0 amide bonds. The Bertz CT molecular complexity index is 607. The molecule has 1 unspecified atom stereocenters. The minimum absolute atomic E-state index is 0.0330. The second-order valence-electron chi connectivity index (χ2n) is 3.88. The molecule has 2 aromatic rings. The number of hydrogen-bond acceptors (Lipinski definition) is 4. The highest BCUT2D eigenvalue weighted by Gasteiger charge is 2.16. The van der Waals surface area contributed by atoms with Crippen LogP contribution in [0.1, 0.15) is 30.0 Å². The Hall–Kier alpha value is -1.45. The normalized spacial score (nSPS) is 11.9. The minimum atomic E-state index is -0.450. The van der Waals surface area contributed by atoms with Gasteiger partial charge in [0.15, 0.2) is 5.82 Å². The van der Waals surface area contributed by atoms with Crippen molar-refractivity contribution in [3.8, 4) is 6.07 Å². The molecule has 0 fully saturated rings. The van der Waals surface area contributed by atoms with Gasteiger partial charge in [-0.05, 0) is 34.5 Å². The number of aromatic nitrogens is 1. The smallest absolute Gasteiger partial charge is 0.161 e. The van der Waals surface area contributed by atoms with Crippen molar-refractivity contribution in [1.29, 1.82) is 5.26 Å². The van der Waals surface area contributed by atoms with Gasteiger partial charge in [0.1, 0.15) is 11.1 Å². The molecule has 1 atom stereocenters. The monoisotopic (exact) mass is 339 g/mol.